The molecule has 0 saturated carbocycles. The van der Waals surface area contributed by atoms with Crippen molar-refractivity contribution in [1.82, 2.24) is 4.90 Å². The summed E-state index contributed by atoms with van der Waals surface area (Å²) in [6, 6.07) is 0. The Labute approximate surface area is 315 Å². The quantitative estimate of drug-likeness (QED) is 0.0390. The van der Waals surface area contributed by atoms with Gasteiger partial charge in [0.05, 0.1) is 6.61 Å². The minimum absolute atomic E-state index is 0.0921. The average molecular weight is 716 g/mol. The molecule has 0 aromatic carbocycles. The molecule has 0 unspecified atom stereocenters. The van der Waals surface area contributed by atoms with Gasteiger partial charge in [0, 0.05) is 32.4 Å². The topological polar surface area (TPSA) is 76.1 Å². The van der Waals surface area contributed by atoms with Crippen LogP contribution in [0.1, 0.15) is 188 Å². The third-order valence-electron chi connectivity index (χ3n) is 9.05. The number of rotatable bonds is 38. The minimum Gasteiger partial charge on any atom is -0.462 e. The van der Waals surface area contributed by atoms with Crippen molar-refractivity contribution in [3.63, 3.8) is 0 Å². The van der Waals surface area contributed by atoms with E-state index in [1.807, 2.05) is 0 Å². The molecule has 0 heterocycles. The van der Waals surface area contributed by atoms with Crippen molar-refractivity contribution in [2.75, 3.05) is 32.8 Å². The summed E-state index contributed by atoms with van der Waals surface area (Å²) in [6.07, 6.45) is 45.5. The standard InChI is InChI=1S/C45H81NO5/c1-4-7-9-11-13-15-17-19-21-23-25-27-29-31-33-35-44(48)50-42-43(37-39-46(38-6-3)40-41-47)51-45(49)36-34-32-30-28-26-24-22-20-18-16-14-12-10-8-5-2/h13-16,25-28,43,47H,4-12,17-24,29-42H2,1-3H3/b15-13-,16-14-,27-25-,28-26-/t43-/m0/s1. The summed E-state index contributed by atoms with van der Waals surface area (Å²) in [6.45, 7) is 8.93. The number of aliphatic hydroxyl groups is 1. The van der Waals surface area contributed by atoms with Crippen molar-refractivity contribution in [2.24, 2.45) is 0 Å². The third kappa shape index (κ3) is 37.4. The van der Waals surface area contributed by atoms with Crippen LogP contribution in [0.5, 0.6) is 0 Å². The predicted octanol–water partition coefficient (Wildman–Crippen LogP) is 12.2. The van der Waals surface area contributed by atoms with E-state index in [1.165, 1.54) is 89.9 Å². The van der Waals surface area contributed by atoms with Gasteiger partial charge in [0.25, 0.3) is 0 Å². The van der Waals surface area contributed by atoms with Crippen LogP contribution in [0, 0.1) is 0 Å². The highest BCUT2D eigenvalue weighted by molar-refractivity contribution is 5.70. The molecule has 0 aromatic heterocycles. The summed E-state index contributed by atoms with van der Waals surface area (Å²) in [4.78, 5) is 27.4. The van der Waals surface area contributed by atoms with Crippen molar-refractivity contribution in [3.05, 3.63) is 48.6 Å². The van der Waals surface area contributed by atoms with E-state index in [2.05, 4.69) is 74.3 Å². The van der Waals surface area contributed by atoms with Crippen LogP contribution in [0.25, 0.3) is 0 Å². The number of hydrogen-bond acceptors (Lipinski definition) is 6. The van der Waals surface area contributed by atoms with Crippen LogP contribution in [0.4, 0.5) is 0 Å². The summed E-state index contributed by atoms with van der Waals surface area (Å²) in [7, 11) is 0. The molecule has 51 heavy (non-hydrogen) atoms. The molecular formula is C45H81NO5. The Morgan fingerprint density at radius 1 is 0.510 bits per heavy atom. The SMILES string of the molecule is CCCCC/C=C\CCCC/C=C\CCCCC(=O)OC[C@H](CCN(CCC)CCO)OC(=O)CCCC/C=C\CCCC/C=C\CCCCC. The summed E-state index contributed by atoms with van der Waals surface area (Å²) in [5.74, 6) is -0.452. The lowest BCUT2D eigenvalue weighted by molar-refractivity contribution is -0.159. The van der Waals surface area contributed by atoms with Gasteiger partial charge in [-0.1, -0.05) is 95.1 Å². The van der Waals surface area contributed by atoms with Gasteiger partial charge in [0.15, 0.2) is 0 Å². The number of hydrogen-bond donors (Lipinski definition) is 1. The van der Waals surface area contributed by atoms with Gasteiger partial charge in [0.1, 0.15) is 12.7 Å². The fraction of sp³-hybridized carbons (Fsp3) is 0.778. The first-order valence-corrected chi connectivity index (χ1v) is 21.4. The zero-order valence-corrected chi connectivity index (χ0v) is 33.6. The van der Waals surface area contributed by atoms with E-state index < -0.39 is 6.10 Å². The molecule has 0 amide bonds. The van der Waals surface area contributed by atoms with Crippen LogP contribution in [0.2, 0.25) is 0 Å². The van der Waals surface area contributed by atoms with Crippen LogP contribution in [-0.2, 0) is 19.1 Å². The molecule has 0 rings (SSSR count). The first kappa shape index (κ1) is 48.8. The number of carbonyl (C=O) groups is 2. The van der Waals surface area contributed by atoms with Crippen LogP contribution in [-0.4, -0.2) is 60.9 Å². The van der Waals surface area contributed by atoms with Gasteiger partial charge in [-0.05, 0) is 129 Å². The molecule has 0 aliphatic heterocycles. The molecule has 6 heteroatoms. The highest BCUT2D eigenvalue weighted by atomic mass is 16.6. The van der Waals surface area contributed by atoms with Gasteiger partial charge in [-0.3, -0.25) is 9.59 Å². The molecule has 1 N–H and O–H groups in total. The van der Waals surface area contributed by atoms with Gasteiger partial charge in [-0.25, -0.2) is 0 Å². The maximum atomic E-state index is 12.7. The summed E-state index contributed by atoms with van der Waals surface area (Å²) >= 11 is 0. The van der Waals surface area contributed by atoms with Crippen molar-refractivity contribution in [3.8, 4) is 0 Å². The Morgan fingerprint density at radius 2 is 0.902 bits per heavy atom. The number of nitrogens with zero attached hydrogens (tertiary/aromatic N) is 1. The monoisotopic (exact) mass is 716 g/mol. The molecule has 1 atom stereocenters. The first-order valence-electron chi connectivity index (χ1n) is 21.4. The molecular weight excluding hydrogens is 634 g/mol. The summed E-state index contributed by atoms with van der Waals surface area (Å²) in [5.41, 5.74) is 0. The molecule has 0 bridgehead atoms. The van der Waals surface area contributed by atoms with Crippen LogP contribution < -0.4 is 0 Å². The van der Waals surface area contributed by atoms with Crippen molar-refractivity contribution in [1.29, 1.82) is 0 Å². The predicted molar refractivity (Wildman–Crippen MR) is 218 cm³/mol. The molecule has 0 aliphatic carbocycles. The Kier molecular flexibility index (Phi) is 38.9. The second-order valence-corrected chi connectivity index (χ2v) is 14.1. The summed E-state index contributed by atoms with van der Waals surface area (Å²) < 4.78 is 11.4. The number of aliphatic hydroxyl groups excluding tert-OH is 1. The van der Waals surface area contributed by atoms with E-state index >= 15 is 0 Å². The zero-order valence-electron chi connectivity index (χ0n) is 33.6. The number of unbranched alkanes of at least 4 members (excludes halogenated alkanes) is 16. The second-order valence-electron chi connectivity index (χ2n) is 14.1. The number of carbonyl (C=O) groups excluding carboxylic acids is 2. The van der Waals surface area contributed by atoms with Crippen molar-refractivity contribution in [2.45, 2.75) is 194 Å². The lowest BCUT2D eigenvalue weighted by Gasteiger charge is -2.24. The molecule has 0 radical (unpaired) electrons. The Morgan fingerprint density at radius 3 is 1.29 bits per heavy atom. The summed E-state index contributed by atoms with van der Waals surface area (Å²) in [5, 5.41) is 9.43. The average Bonchev–Trinajstić information content (AvgIpc) is 3.12. The molecule has 0 aromatic rings. The lowest BCUT2D eigenvalue weighted by Crippen LogP contribution is -2.34. The largest absolute Gasteiger partial charge is 0.462 e. The van der Waals surface area contributed by atoms with E-state index in [0.717, 1.165) is 64.3 Å². The zero-order chi connectivity index (χ0) is 37.3. The van der Waals surface area contributed by atoms with Gasteiger partial charge in [0.2, 0.25) is 0 Å². The van der Waals surface area contributed by atoms with E-state index in [9.17, 15) is 14.7 Å². The molecule has 0 aliphatic rings. The Bertz CT molecular complexity index is 874. The van der Waals surface area contributed by atoms with Gasteiger partial charge in [-0.2, -0.15) is 0 Å². The number of esters is 2. The minimum atomic E-state index is -0.468. The Balaban J connectivity index is 4.28. The second kappa shape index (κ2) is 40.6. The van der Waals surface area contributed by atoms with E-state index in [0.29, 0.717) is 32.4 Å². The van der Waals surface area contributed by atoms with E-state index in [1.54, 1.807) is 0 Å². The number of allylic oxidation sites excluding steroid dienone is 8. The van der Waals surface area contributed by atoms with Crippen molar-refractivity contribution < 1.29 is 24.2 Å². The molecule has 6 nitrogen and oxygen atoms in total. The molecule has 0 saturated heterocycles. The lowest BCUT2D eigenvalue weighted by atomic mass is 10.1. The maximum absolute atomic E-state index is 12.7. The fourth-order valence-electron chi connectivity index (χ4n) is 5.88. The van der Waals surface area contributed by atoms with Crippen LogP contribution in [0.3, 0.4) is 0 Å². The van der Waals surface area contributed by atoms with Gasteiger partial charge >= 0.3 is 11.9 Å². The van der Waals surface area contributed by atoms with E-state index in [4.69, 9.17) is 9.47 Å². The maximum Gasteiger partial charge on any atom is 0.306 e. The van der Waals surface area contributed by atoms with E-state index in [-0.39, 0.29) is 25.2 Å². The number of ether oxygens (including phenoxy) is 2. The third-order valence-corrected chi connectivity index (χ3v) is 9.05. The smallest absolute Gasteiger partial charge is 0.306 e. The van der Waals surface area contributed by atoms with Gasteiger partial charge in [-0.15, -0.1) is 0 Å². The normalized spacial score (nSPS) is 12.7. The Hall–Kier alpha value is -2.18. The molecule has 0 fully saturated rings. The first-order chi connectivity index (χ1) is 25.1. The fourth-order valence-corrected chi connectivity index (χ4v) is 5.88. The molecule has 296 valence electrons. The highest BCUT2D eigenvalue weighted by Crippen LogP contribution is 2.11. The van der Waals surface area contributed by atoms with Gasteiger partial charge < -0.3 is 19.5 Å². The van der Waals surface area contributed by atoms with Crippen LogP contribution in [0.15, 0.2) is 48.6 Å². The highest BCUT2D eigenvalue weighted by Gasteiger charge is 2.18. The van der Waals surface area contributed by atoms with Crippen molar-refractivity contribution >= 4 is 11.9 Å². The van der Waals surface area contributed by atoms with Crippen LogP contribution >= 0.6 is 0 Å². The molecule has 0 spiro atoms.